The fourth-order valence-electron chi connectivity index (χ4n) is 3.77. The Kier molecular flexibility index (Phi) is 6.88. The Bertz CT molecular complexity index is 703. The zero-order chi connectivity index (χ0) is 20.3. The SMILES string of the molecule is Cc1ccccc1[C@@H]1S[C@H](C)C(=O)N1CCN1CCN(C(=O)NC(C)C)CC1. The number of carbonyl (C=O) groups excluding carboxylic acids is 2. The molecule has 0 bridgehead atoms. The molecule has 154 valence electrons. The van der Waals surface area contributed by atoms with Crippen molar-refractivity contribution in [2.24, 2.45) is 0 Å². The van der Waals surface area contributed by atoms with Gasteiger partial charge in [-0.25, -0.2) is 4.79 Å². The van der Waals surface area contributed by atoms with E-state index < -0.39 is 0 Å². The maximum absolute atomic E-state index is 12.7. The molecular formula is C21H32N4O2S. The molecule has 2 aliphatic rings. The maximum Gasteiger partial charge on any atom is 0.317 e. The Hall–Kier alpha value is -1.73. The van der Waals surface area contributed by atoms with Crippen LogP contribution >= 0.6 is 11.8 Å². The molecule has 0 aromatic heterocycles. The summed E-state index contributed by atoms with van der Waals surface area (Å²) in [4.78, 5) is 31.2. The van der Waals surface area contributed by atoms with Gasteiger partial charge in [-0.1, -0.05) is 24.3 Å². The molecule has 2 aliphatic heterocycles. The summed E-state index contributed by atoms with van der Waals surface area (Å²) < 4.78 is 0. The van der Waals surface area contributed by atoms with E-state index in [4.69, 9.17) is 0 Å². The molecule has 2 saturated heterocycles. The second-order valence-electron chi connectivity index (χ2n) is 7.95. The van der Waals surface area contributed by atoms with Crippen LogP contribution in [0.1, 0.15) is 37.3 Å². The molecule has 1 aromatic rings. The van der Waals surface area contributed by atoms with E-state index >= 15 is 0 Å². The zero-order valence-corrected chi connectivity index (χ0v) is 18.2. The first kappa shape index (κ1) is 21.0. The Morgan fingerprint density at radius 3 is 2.50 bits per heavy atom. The number of carbonyl (C=O) groups is 2. The predicted octanol–water partition coefficient (Wildman–Crippen LogP) is 2.69. The second kappa shape index (κ2) is 9.18. The molecule has 7 heteroatoms. The number of thioether (sulfide) groups is 1. The number of piperazine rings is 1. The lowest BCUT2D eigenvalue weighted by Crippen LogP contribution is -2.53. The smallest absolute Gasteiger partial charge is 0.317 e. The molecule has 2 heterocycles. The molecule has 0 unspecified atom stereocenters. The minimum Gasteiger partial charge on any atom is -0.336 e. The van der Waals surface area contributed by atoms with Crippen LogP contribution < -0.4 is 5.32 Å². The molecule has 1 aromatic carbocycles. The van der Waals surface area contributed by atoms with Crippen molar-refractivity contribution in [3.63, 3.8) is 0 Å². The van der Waals surface area contributed by atoms with Crippen LogP contribution in [0.5, 0.6) is 0 Å². The number of urea groups is 1. The topological polar surface area (TPSA) is 55.9 Å². The summed E-state index contributed by atoms with van der Waals surface area (Å²) in [5.74, 6) is 0.230. The van der Waals surface area contributed by atoms with Crippen molar-refractivity contribution in [2.75, 3.05) is 39.3 Å². The quantitative estimate of drug-likeness (QED) is 0.820. The molecule has 3 amide bonds. The average molecular weight is 405 g/mol. The molecule has 0 radical (unpaired) electrons. The van der Waals surface area contributed by atoms with E-state index in [-0.39, 0.29) is 28.6 Å². The molecule has 1 N–H and O–H groups in total. The van der Waals surface area contributed by atoms with Crippen LogP contribution in [0.4, 0.5) is 4.79 Å². The van der Waals surface area contributed by atoms with Crippen LogP contribution in [0.25, 0.3) is 0 Å². The van der Waals surface area contributed by atoms with Gasteiger partial charge < -0.3 is 15.1 Å². The van der Waals surface area contributed by atoms with E-state index in [0.717, 1.165) is 39.3 Å². The van der Waals surface area contributed by atoms with Crippen molar-refractivity contribution in [3.8, 4) is 0 Å². The third kappa shape index (κ3) is 4.81. The van der Waals surface area contributed by atoms with Gasteiger partial charge in [0.25, 0.3) is 0 Å². The lowest BCUT2D eigenvalue weighted by Gasteiger charge is -2.36. The first-order valence-corrected chi connectivity index (χ1v) is 11.1. The van der Waals surface area contributed by atoms with Gasteiger partial charge in [-0.15, -0.1) is 11.8 Å². The van der Waals surface area contributed by atoms with Crippen LogP contribution in [-0.4, -0.2) is 77.2 Å². The summed E-state index contributed by atoms with van der Waals surface area (Å²) >= 11 is 1.74. The highest BCUT2D eigenvalue weighted by Crippen LogP contribution is 2.43. The number of rotatable bonds is 5. The highest BCUT2D eigenvalue weighted by Gasteiger charge is 2.39. The Labute approximate surface area is 172 Å². The molecule has 3 rings (SSSR count). The monoisotopic (exact) mass is 404 g/mol. The summed E-state index contributed by atoms with van der Waals surface area (Å²) in [5.41, 5.74) is 2.47. The highest BCUT2D eigenvalue weighted by atomic mass is 32.2. The molecule has 2 fully saturated rings. The van der Waals surface area contributed by atoms with Crippen LogP contribution in [-0.2, 0) is 4.79 Å². The van der Waals surface area contributed by atoms with Gasteiger partial charge in [-0.3, -0.25) is 9.69 Å². The Morgan fingerprint density at radius 2 is 1.86 bits per heavy atom. The number of benzene rings is 1. The first-order chi connectivity index (χ1) is 13.4. The van der Waals surface area contributed by atoms with Crippen LogP contribution in [0.2, 0.25) is 0 Å². The second-order valence-corrected chi connectivity index (χ2v) is 9.38. The molecule has 2 atom stereocenters. The third-order valence-electron chi connectivity index (χ3n) is 5.43. The Balaban J connectivity index is 1.55. The summed E-state index contributed by atoms with van der Waals surface area (Å²) in [6, 6.07) is 8.53. The normalized spacial score (nSPS) is 23.5. The van der Waals surface area contributed by atoms with Crippen LogP contribution in [0, 0.1) is 6.92 Å². The minimum absolute atomic E-state index is 0.00110. The average Bonchev–Trinajstić information content (AvgIpc) is 2.94. The number of nitrogens with zero attached hydrogens (tertiary/aromatic N) is 3. The van der Waals surface area contributed by atoms with Crippen LogP contribution in [0.15, 0.2) is 24.3 Å². The van der Waals surface area contributed by atoms with Crippen molar-refractivity contribution in [1.82, 2.24) is 20.0 Å². The third-order valence-corrected chi connectivity index (χ3v) is 6.81. The zero-order valence-electron chi connectivity index (χ0n) is 17.4. The van der Waals surface area contributed by atoms with Crippen molar-refractivity contribution in [2.45, 2.75) is 44.4 Å². The van der Waals surface area contributed by atoms with E-state index in [2.05, 4.69) is 35.3 Å². The number of nitrogens with one attached hydrogen (secondary N) is 1. The van der Waals surface area contributed by atoms with Crippen molar-refractivity contribution in [1.29, 1.82) is 0 Å². The molecule has 0 saturated carbocycles. The summed E-state index contributed by atoms with van der Waals surface area (Å²) in [6.45, 7) is 12.8. The lowest BCUT2D eigenvalue weighted by molar-refractivity contribution is -0.130. The van der Waals surface area contributed by atoms with Gasteiger partial charge in [0, 0.05) is 45.3 Å². The van der Waals surface area contributed by atoms with E-state index in [1.165, 1.54) is 11.1 Å². The largest absolute Gasteiger partial charge is 0.336 e. The van der Waals surface area contributed by atoms with E-state index in [9.17, 15) is 9.59 Å². The summed E-state index contributed by atoms with van der Waals surface area (Å²) in [5, 5.41) is 3.06. The molecule has 0 spiro atoms. The number of amides is 3. The standard InChI is InChI=1S/C21H32N4O2S/c1-15(2)22-21(27)24-12-9-23(10-13-24)11-14-25-19(26)17(4)28-20(25)18-8-6-5-7-16(18)3/h5-8,15,17,20H,9-14H2,1-4H3,(H,22,27)/t17-,20+/m1/s1. The predicted molar refractivity (Wildman–Crippen MR) is 114 cm³/mol. The lowest BCUT2D eigenvalue weighted by atomic mass is 10.1. The number of hydrogen-bond donors (Lipinski definition) is 1. The fourth-order valence-corrected chi connectivity index (χ4v) is 5.17. The van der Waals surface area contributed by atoms with Gasteiger partial charge in [-0.05, 0) is 38.8 Å². The van der Waals surface area contributed by atoms with Gasteiger partial charge in [0.2, 0.25) is 5.91 Å². The molecule has 0 aliphatic carbocycles. The summed E-state index contributed by atoms with van der Waals surface area (Å²) in [6.07, 6.45) is 0. The highest BCUT2D eigenvalue weighted by molar-refractivity contribution is 8.01. The minimum atomic E-state index is 0.00110. The van der Waals surface area contributed by atoms with Gasteiger partial charge in [0.1, 0.15) is 5.37 Å². The van der Waals surface area contributed by atoms with Crippen molar-refractivity contribution >= 4 is 23.7 Å². The van der Waals surface area contributed by atoms with E-state index in [0.29, 0.717) is 0 Å². The van der Waals surface area contributed by atoms with Crippen LogP contribution in [0.3, 0.4) is 0 Å². The fraction of sp³-hybridized carbons (Fsp3) is 0.619. The van der Waals surface area contributed by atoms with Crippen molar-refractivity contribution in [3.05, 3.63) is 35.4 Å². The molecule has 28 heavy (non-hydrogen) atoms. The van der Waals surface area contributed by atoms with Gasteiger partial charge >= 0.3 is 6.03 Å². The van der Waals surface area contributed by atoms with Gasteiger partial charge in [-0.2, -0.15) is 0 Å². The van der Waals surface area contributed by atoms with Crippen molar-refractivity contribution < 1.29 is 9.59 Å². The molecular weight excluding hydrogens is 372 g/mol. The number of aryl methyl sites for hydroxylation is 1. The first-order valence-electron chi connectivity index (χ1n) is 10.2. The van der Waals surface area contributed by atoms with E-state index in [1.54, 1.807) is 11.8 Å². The summed E-state index contributed by atoms with van der Waals surface area (Å²) in [7, 11) is 0. The maximum atomic E-state index is 12.7. The number of hydrogen-bond acceptors (Lipinski definition) is 4. The van der Waals surface area contributed by atoms with E-state index in [1.807, 2.05) is 36.6 Å². The van der Waals surface area contributed by atoms with Gasteiger partial charge in [0.15, 0.2) is 0 Å². The van der Waals surface area contributed by atoms with Gasteiger partial charge in [0.05, 0.1) is 5.25 Å². The Morgan fingerprint density at radius 1 is 1.18 bits per heavy atom. The molecule has 6 nitrogen and oxygen atoms in total.